The Morgan fingerprint density at radius 3 is 2.69 bits per heavy atom. The molecular formula is C15H17Br. The van der Waals surface area contributed by atoms with Gasteiger partial charge in [0.15, 0.2) is 0 Å². The summed E-state index contributed by atoms with van der Waals surface area (Å²) in [7, 11) is 0. The third-order valence-electron chi connectivity index (χ3n) is 2.40. The van der Waals surface area contributed by atoms with Crippen molar-refractivity contribution in [3.05, 3.63) is 65.8 Å². The normalized spacial score (nSPS) is 11.4. The summed E-state index contributed by atoms with van der Waals surface area (Å²) in [6, 6.07) is 6.44. The van der Waals surface area contributed by atoms with Crippen molar-refractivity contribution in [3.63, 3.8) is 0 Å². The van der Waals surface area contributed by atoms with Crippen molar-refractivity contribution < 1.29 is 0 Å². The Hall–Kier alpha value is -1.08. The molecule has 1 aromatic rings. The first-order chi connectivity index (χ1) is 7.83. The van der Waals surface area contributed by atoms with Gasteiger partial charge in [0.25, 0.3) is 0 Å². The quantitative estimate of drug-likeness (QED) is 0.408. The van der Waals surface area contributed by atoms with E-state index in [-0.39, 0.29) is 0 Å². The second-order valence-corrected chi connectivity index (χ2v) is 4.05. The van der Waals surface area contributed by atoms with Gasteiger partial charge in [0.05, 0.1) is 0 Å². The second kappa shape index (κ2) is 7.24. The van der Waals surface area contributed by atoms with Crippen molar-refractivity contribution in [2.45, 2.75) is 18.7 Å². The van der Waals surface area contributed by atoms with Gasteiger partial charge in [-0.2, -0.15) is 0 Å². The molecule has 0 aliphatic rings. The van der Waals surface area contributed by atoms with Crippen LogP contribution in [0.15, 0.2) is 49.1 Å². The standard InChI is InChI=1S/C15H17Br/c1-3-5-8-13-9-7-10-14(12-16)15(13)11-6-4-2/h3-7,9-11H,2,8,12H2,1H3/b5-3+,11-6+. The summed E-state index contributed by atoms with van der Waals surface area (Å²) in [5.74, 6) is 0. The molecule has 0 spiro atoms. The number of hydrogen-bond acceptors (Lipinski definition) is 0. The summed E-state index contributed by atoms with van der Waals surface area (Å²) in [4.78, 5) is 0. The van der Waals surface area contributed by atoms with Crippen molar-refractivity contribution in [2.24, 2.45) is 0 Å². The summed E-state index contributed by atoms with van der Waals surface area (Å²) in [5, 5.41) is 0.882. The zero-order valence-electron chi connectivity index (χ0n) is 9.62. The fourth-order valence-corrected chi connectivity index (χ4v) is 2.07. The molecule has 0 heterocycles. The van der Waals surface area contributed by atoms with Gasteiger partial charge in [0.1, 0.15) is 0 Å². The SMILES string of the molecule is C=C/C=C/c1c(CBr)cccc1C/C=C/C. The monoisotopic (exact) mass is 276 g/mol. The molecule has 84 valence electrons. The number of alkyl halides is 1. The molecule has 0 unspecified atom stereocenters. The van der Waals surface area contributed by atoms with Gasteiger partial charge in [-0.05, 0) is 30.0 Å². The van der Waals surface area contributed by atoms with Gasteiger partial charge < -0.3 is 0 Å². The van der Waals surface area contributed by atoms with E-state index in [0.717, 1.165) is 11.8 Å². The third-order valence-corrected chi connectivity index (χ3v) is 3.01. The lowest BCUT2D eigenvalue weighted by molar-refractivity contribution is 1.22. The first-order valence-electron chi connectivity index (χ1n) is 5.40. The zero-order chi connectivity index (χ0) is 11.8. The Labute approximate surface area is 107 Å². The van der Waals surface area contributed by atoms with Gasteiger partial charge in [-0.25, -0.2) is 0 Å². The highest BCUT2D eigenvalue weighted by Gasteiger charge is 2.02. The predicted molar refractivity (Wildman–Crippen MR) is 76.8 cm³/mol. The summed E-state index contributed by atoms with van der Waals surface area (Å²) in [6.45, 7) is 5.76. The first-order valence-corrected chi connectivity index (χ1v) is 6.52. The van der Waals surface area contributed by atoms with E-state index in [2.05, 4.69) is 58.9 Å². The molecule has 0 aliphatic heterocycles. The highest BCUT2D eigenvalue weighted by atomic mass is 79.9. The molecule has 0 saturated heterocycles. The smallest absolute Gasteiger partial charge is 0.0289 e. The highest BCUT2D eigenvalue weighted by Crippen LogP contribution is 2.20. The molecule has 16 heavy (non-hydrogen) atoms. The average molecular weight is 277 g/mol. The van der Waals surface area contributed by atoms with Crippen LogP contribution in [-0.2, 0) is 11.8 Å². The maximum absolute atomic E-state index is 3.71. The molecule has 0 amide bonds. The minimum atomic E-state index is 0.882. The minimum Gasteiger partial charge on any atom is -0.0991 e. The van der Waals surface area contributed by atoms with Gasteiger partial charge in [-0.15, -0.1) is 0 Å². The summed E-state index contributed by atoms with van der Waals surface area (Å²) in [6.07, 6.45) is 11.2. The molecule has 0 atom stereocenters. The Morgan fingerprint density at radius 2 is 2.06 bits per heavy atom. The highest BCUT2D eigenvalue weighted by molar-refractivity contribution is 9.08. The number of hydrogen-bond donors (Lipinski definition) is 0. The van der Waals surface area contributed by atoms with Crippen LogP contribution < -0.4 is 0 Å². The topological polar surface area (TPSA) is 0 Å². The van der Waals surface area contributed by atoms with Crippen LogP contribution in [0.2, 0.25) is 0 Å². The number of halogens is 1. The number of rotatable bonds is 5. The van der Waals surface area contributed by atoms with E-state index in [0.29, 0.717) is 0 Å². The van der Waals surface area contributed by atoms with E-state index < -0.39 is 0 Å². The molecular weight excluding hydrogens is 260 g/mol. The van der Waals surface area contributed by atoms with Crippen LogP contribution in [-0.4, -0.2) is 0 Å². The maximum atomic E-state index is 3.71. The Kier molecular flexibility index (Phi) is 5.87. The molecule has 1 aromatic carbocycles. The maximum Gasteiger partial charge on any atom is 0.0289 e. The van der Waals surface area contributed by atoms with Crippen molar-refractivity contribution in [2.75, 3.05) is 0 Å². The lowest BCUT2D eigenvalue weighted by Crippen LogP contribution is -1.92. The van der Waals surface area contributed by atoms with Crippen LogP contribution in [0, 0.1) is 0 Å². The molecule has 1 heteroatoms. The lowest BCUT2D eigenvalue weighted by Gasteiger charge is -2.08. The molecule has 0 bridgehead atoms. The van der Waals surface area contributed by atoms with Gasteiger partial charge >= 0.3 is 0 Å². The van der Waals surface area contributed by atoms with Crippen LogP contribution in [0.5, 0.6) is 0 Å². The molecule has 0 aliphatic carbocycles. The van der Waals surface area contributed by atoms with Crippen LogP contribution in [0.3, 0.4) is 0 Å². The summed E-state index contributed by atoms with van der Waals surface area (Å²) >= 11 is 3.52. The minimum absolute atomic E-state index is 0.882. The van der Waals surface area contributed by atoms with Gasteiger partial charge in [0.2, 0.25) is 0 Å². The van der Waals surface area contributed by atoms with Crippen LogP contribution in [0.4, 0.5) is 0 Å². The van der Waals surface area contributed by atoms with E-state index >= 15 is 0 Å². The van der Waals surface area contributed by atoms with Crippen LogP contribution in [0.1, 0.15) is 23.6 Å². The van der Waals surface area contributed by atoms with Crippen molar-refractivity contribution in [1.29, 1.82) is 0 Å². The van der Waals surface area contributed by atoms with Gasteiger partial charge in [0, 0.05) is 5.33 Å². The fraction of sp³-hybridized carbons (Fsp3) is 0.200. The summed E-state index contributed by atoms with van der Waals surface area (Å²) in [5.41, 5.74) is 3.98. The average Bonchev–Trinajstić information content (AvgIpc) is 2.33. The third kappa shape index (κ3) is 3.49. The molecule has 0 aromatic heterocycles. The molecule has 1 rings (SSSR count). The fourth-order valence-electron chi connectivity index (χ4n) is 1.58. The van der Waals surface area contributed by atoms with Crippen molar-refractivity contribution >= 4 is 22.0 Å². The van der Waals surface area contributed by atoms with Crippen LogP contribution in [0.25, 0.3) is 6.08 Å². The zero-order valence-corrected chi connectivity index (χ0v) is 11.2. The number of benzene rings is 1. The van der Waals surface area contributed by atoms with E-state index in [4.69, 9.17) is 0 Å². The van der Waals surface area contributed by atoms with Crippen LogP contribution >= 0.6 is 15.9 Å². The number of allylic oxidation sites excluding steroid dienone is 4. The molecule has 0 N–H and O–H groups in total. The molecule has 0 nitrogen and oxygen atoms in total. The van der Waals surface area contributed by atoms with Gasteiger partial charge in [-0.3, -0.25) is 0 Å². The molecule has 0 fully saturated rings. The molecule has 0 saturated carbocycles. The predicted octanol–water partition coefficient (Wildman–Crippen LogP) is 4.90. The lowest BCUT2D eigenvalue weighted by atomic mass is 9.99. The van der Waals surface area contributed by atoms with Gasteiger partial charge in [-0.1, -0.05) is 71.1 Å². The van der Waals surface area contributed by atoms with E-state index in [1.165, 1.54) is 16.7 Å². The van der Waals surface area contributed by atoms with Crippen molar-refractivity contribution in [3.8, 4) is 0 Å². The van der Waals surface area contributed by atoms with E-state index in [1.807, 2.05) is 19.1 Å². The van der Waals surface area contributed by atoms with E-state index in [1.54, 1.807) is 0 Å². The van der Waals surface area contributed by atoms with E-state index in [9.17, 15) is 0 Å². The Balaban J connectivity index is 3.13. The second-order valence-electron chi connectivity index (χ2n) is 3.49. The Morgan fingerprint density at radius 1 is 1.31 bits per heavy atom. The summed E-state index contributed by atoms with van der Waals surface area (Å²) < 4.78 is 0. The van der Waals surface area contributed by atoms with Crippen molar-refractivity contribution in [1.82, 2.24) is 0 Å². The molecule has 0 radical (unpaired) electrons. The Bertz CT molecular complexity index is 400. The largest absolute Gasteiger partial charge is 0.0991 e. The first kappa shape index (κ1) is 13.0.